The molecule has 2 fully saturated rings. The lowest BCUT2D eigenvalue weighted by molar-refractivity contribution is -0.118. The number of carbonyl (C=O) groups excluding carboxylic acids is 1. The Bertz CT molecular complexity index is 499. The minimum atomic E-state index is -0.728. The maximum absolute atomic E-state index is 11.6. The highest BCUT2D eigenvalue weighted by Gasteiger charge is 2.56. The Morgan fingerprint density at radius 3 is 2.76 bits per heavy atom. The first-order valence-electron chi connectivity index (χ1n) is 8.23. The highest BCUT2D eigenvalue weighted by molar-refractivity contribution is 5.66. The molecule has 0 spiro atoms. The molecule has 0 aromatic carbocycles. The molecule has 3 aliphatic carbocycles. The van der Waals surface area contributed by atoms with E-state index in [0.29, 0.717) is 5.92 Å². The molecule has 4 N–H and O–H groups in total. The first-order valence-corrected chi connectivity index (χ1v) is 8.23. The van der Waals surface area contributed by atoms with Gasteiger partial charge >= 0.3 is 0 Å². The van der Waals surface area contributed by atoms with Crippen molar-refractivity contribution in [2.24, 2.45) is 28.7 Å². The molecule has 0 bridgehead atoms. The van der Waals surface area contributed by atoms with Gasteiger partial charge in [-0.3, -0.25) is 0 Å². The summed E-state index contributed by atoms with van der Waals surface area (Å²) >= 11 is 0. The van der Waals surface area contributed by atoms with Gasteiger partial charge in [0.2, 0.25) is 0 Å². The molecule has 0 aromatic heterocycles. The van der Waals surface area contributed by atoms with Crippen molar-refractivity contribution in [3.05, 3.63) is 24.3 Å². The van der Waals surface area contributed by atoms with E-state index in [2.05, 4.69) is 25.7 Å². The van der Waals surface area contributed by atoms with Gasteiger partial charge in [-0.25, -0.2) is 0 Å². The molecule has 0 radical (unpaired) electrons. The molecular formula is C18H28N2O. The van der Waals surface area contributed by atoms with Crippen molar-refractivity contribution < 1.29 is 4.79 Å². The van der Waals surface area contributed by atoms with Crippen molar-refractivity contribution in [3.8, 4) is 0 Å². The number of hydrogen-bond donors (Lipinski definition) is 2. The monoisotopic (exact) mass is 288 g/mol. The second-order valence-corrected chi connectivity index (χ2v) is 7.89. The van der Waals surface area contributed by atoms with Gasteiger partial charge in [0.05, 0.1) is 5.54 Å². The molecule has 5 atom stereocenters. The highest BCUT2D eigenvalue weighted by atomic mass is 16.1. The number of carbonyl (C=O) groups is 1. The summed E-state index contributed by atoms with van der Waals surface area (Å²) in [6.07, 6.45) is 12.3. The standard InChI is InChI=1S/C18H28N2O/c1-3-16(2)10-7-14-13(11-16)5-6-15-17(19,12-21)8-4-9-18(14,15)20/h3,5,12,14-15H,1,4,6-11,19-20H2,2H3. The highest BCUT2D eigenvalue weighted by Crippen LogP contribution is 2.55. The Labute approximate surface area is 127 Å². The Hall–Kier alpha value is -0.930. The summed E-state index contributed by atoms with van der Waals surface area (Å²) in [5.41, 5.74) is 14.0. The van der Waals surface area contributed by atoms with Crippen molar-refractivity contribution in [2.45, 2.75) is 62.9 Å². The molecule has 116 valence electrons. The van der Waals surface area contributed by atoms with Crippen LogP contribution in [0.1, 0.15) is 51.9 Å². The van der Waals surface area contributed by atoms with E-state index in [0.717, 1.165) is 51.2 Å². The van der Waals surface area contributed by atoms with Crippen LogP contribution in [-0.4, -0.2) is 17.4 Å². The summed E-state index contributed by atoms with van der Waals surface area (Å²) in [6, 6.07) is 0. The molecule has 0 amide bonds. The van der Waals surface area contributed by atoms with Gasteiger partial charge in [-0.2, -0.15) is 0 Å². The van der Waals surface area contributed by atoms with E-state index in [4.69, 9.17) is 11.5 Å². The molecule has 0 saturated heterocycles. The molecule has 0 aliphatic heterocycles. The SMILES string of the molecule is C=CC1(C)CCC2C(=CCC3C(N)(C=O)CCCC23N)C1. The van der Waals surface area contributed by atoms with Crippen LogP contribution >= 0.6 is 0 Å². The van der Waals surface area contributed by atoms with Crippen molar-refractivity contribution in [2.75, 3.05) is 0 Å². The fourth-order valence-corrected chi connectivity index (χ4v) is 5.16. The van der Waals surface area contributed by atoms with Crippen LogP contribution in [0, 0.1) is 17.3 Å². The number of hydrogen-bond acceptors (Lipinski definition) is 3. The molecule has 0 aromatic rings. The van der Waals surface area contributed by atoms with Crippen molar-refractivity contribution >= 4 is 6.29 Å². The van der Waals surface area contributed by atoms with Crippen LogP contribution in [0.25, 0.3) is 0 Å². The van der Waals surface area contributed by atoms with Crippen LogP contribution in [0.5, 0.6) is 0 Å². The van der Waals surface area contributed by atoms with E-state index in [1.165, 1.54) is 5.57 Å². The predicted molar refractivity (Wildman–Crippen MR) is 85.6 cm³/mol. The first kappa shape index (κ1) is 15.0. The minimum Gasteiger partial charge on any atom is -0.324 e. The van der Waals surface area contributed by atoms with Crippen molar-refractivity contribution in [1.29, 1.82) is 0 Å². The second-order valence-electron chi connectivity index (χ2n) is 7.89. The quantitative estimate of drug-likeness (QED) is 0.606. The normalized spacial score (nSPS) is 49.6. The predicted octanol–water partition coefficient (Wildman–Crippen LogP) is 2.70. The van der Waals surface area contributed by atoms with Gasteiger partial charge in [0, 0.05) is 11.5 Å². The third-order valence-electron chi connectivity index (χ3n) is 6.55. The van der Waals surface area contributed by atoms with Gasteiger partial charge in [-0.1, -0.05) is 24.6 Å². The maximum atomic E-state index is 11.6. The Morgan fingerprint density at radius 2 is 2.10 bits per heavy atom. The number of fused-ring (bicyclic) bond motifs is 3. The fourth-order valence-electron chi connectivity index (χ4n) is 5.16. The lowest BCUT2D eigenvalue weighted by atomic mass is 9.51. The zero-order valence-electron chi connectivity index (χ0n) is 13.1. The van der Waals surface area contributed by atoms with Crippen LogP contribution in [-0.2, 0) is 4.79 Å². The van der Waals surface area contributed by atoms with Crippen LogP contribution in [0.15, 0.2) is 24.3 Å². The first-order chi connectivity index (χ1) is 9.87. The van der Waals surface area contributed by atoms with Crippen LogP contribution < -0.4 is 11.5 Å². The molecule has 2 saturated carbocycles. The summed E-state index contributed by atoms with van der Waals surface area (Å²) in [5, 5.41) is 0. The molecule has 3 rings (SSSR count). The summed E-state index contributed by atoms with van der Waals surface area (Å²) in [5.74, 6) is 0.491. The zero-order valence-corrected chi connectivity index (χ0v) is 13.1. The number of nitrogens with two attached hydrogens (primary N) is 2. The van der Waals surface area contributed by atoms with E-state index < -0.39 is 5.54 Å². The molecule has 3 heteroatoms. The Balaban J connectivity index is 1.96. The average molecular weight is 288 g/mol. The smallest absolute Gasteiger partial charge is 0.140 e. The van der Waals surface area contributed by atoms with Gasteiger partial charge in [-0.15, -0.1) is 6.58 Å². The van der Waals surface area contributed by atoms with E-state index in [1.807, 2.05) is 0 Å². The minimum absolute atomic E-state index is 0.0955. The summed E-state index contributed by atoms with van der Waals surface area (Å²) in [7, 11) is 0. The van der Waals surface area contributed by atoms with Crippen molar-refractivity contribution in [3.63, 3.8) is 0 Å². The number of aldehydes is 1. The summed E-state index contributed by atoms with van der Waals surface area (Å²) < 4.78 is 0. The number of rotatable bonds is 2. The lowest BCUT2D eigenvalue weighted by Gasteiger charge is -2.57. The van der Waals surface area contributed by atoms with Gasteiger partial charge in [-0.05, 0) is 56.3 Å². The molecule has 3 nitrogen and oxygen atoms in total. The maximum Gasteiger partial charge on any atom is 0.140 e. The van der Waals surface area contributed by atoms with Crippen molar-refractivity contribution in [1.82, 2.24) is 0 Å². The topological polar surface area (TPSA) is 69.1 Å². The zero-order chi connectivity index (χ0) is 15.3. The molecular weight excluding hydrogens is 260 g/mol. The molecule has 0 heterocycles. The van der Waals surface area contributed by atoms with E-state index >= 15 is 0 Å². The largest absolute Gasteiger partial charge is 0.324 e. The van der Waals surface area contributed by atoms with Gasteiger partial charge in [0.1, 0.15) is 6.29 Å². The molecule has 5 unspecified atom stereocenters. The fraction of sp³-hybridized carbons (Fsp3) is 0.722. The van der Waals surface area contributed by atoms with Crippen LogP contribution in [0.4, 0.5) is 0 Å². The Morgan fingerprint density at radius 1 is 1.33 bits per heavy atom. The van der Waals surface area contributed by atoms with E-state index in [9.17, 15) is 4.79 Å². The number of allylic oxidation sites excluding steroid dienone is 2. The van der Waals surface area contributed by atoms with E-state index in [1.54, 1.807) is 0 Å². The second kappa shape index (κ2) is 4.79. The van der Waals surface area contributed by atoms with E-state index in [-0.39, 0.29) is 16.9 Å². The third-order valence-corrected chi connectivity index (χ3v) is 6.55. The van der Waals surface area contributed by atoms with Crippen LogP contribution in [0.2, 0.25) is 0 Å². The molecule has 21 heavy (non-hydrogen) atoms. The van der Waals surface area contributed by atoms with Gasteiger partial charge in [0.25, 0.3) is 0 Å². The lowest BCUT2D eigenvalue weighted by Crippen LogP contribution is -2.69. The third kappa shape index (κ3) is 2.13. The summed E-state index contributed by atoms with van der Waals surface area (Å²) in [4.78, 5) is 11.6. The van der Waals surface area contributed by atoms with Gasteiger partial charge < -0.3 is 16.3 Å². The van der Waals surface area contributed by atoms with Gasteiger partial charge in [0.15, 0.2) is 0 Å². The average Bonchev–Trinajstić information content (AvgIpc) is 2.46. The molecule has 3 aliphatic rings. The summed E-state index contributed by atoms with van der Waals surface area (Å²) in [6.45, 7) is 6.29. The van der Waals surface area contributed by atoms with Crippen LogP contribution in [0.3, 0.4) is 0 Å². The Kier molecular flexibility index (Phi) is 3.42.